The highest BCUT2D eigenvalue weighted by molar-refractivity contribution is 5.87. The summed E-state index contributed by atoms with van der Waals surface area (Å²) in [6, 6.07) is 12.6. The fourth-order valence-electron chi connectivity index (χ4n) is 5.31. The molecule has 0 radical (unpaired) electrons. The summed E-state index contributed by atoms with van der Waals surface area (Å²) in [6.45, 7) is 1.02. The van der Waals surface area contributed by atoms with E-state index >= 15 is 0 Å². The zero-order chi connectivity index (χ0) is 23.1. The number of rotatable bonds is 8. The highest BCUT2D eigenvalue weighted by atomic mass is 16.5. The third-order valence-electron chi connectivity index (χ3n) is 7.43. The summed E-state index contributed by atoms with van der Waals surface area (Å²) < 4.78 is 2.03. The molecule has 0 aliphatic heterocycles. The van der Waals surface area contributed by atoms with Gasteiger partial charge in [-0.15, -0.1) is 0 Å². The maximum absolute atomic E-state index is 10.8. The minimum Gasteiger partial charge on any atom is -0.391 e. The maximum atomic E-state index is 10.8. The van der Waals surface area contributed by atoms with Crippen LogP contribution in [0.5, 0.6) is 0 Å². The number of nitrogens with zero attached hydrogens (tertiary/aromatic N) is 4. The Hall–Kier alpha value is -3.23. The summed E-state index contributed by atoms with van der Waals surface area (Å²) in [5, 5.41) is 25.5. The lowest BCUT2D eigenvalue weighted by Crippen LogP contribution is -2.17. The Kier molecular flexibility index (Phi) is 5.55. The quantitative estimate of drug-likeness (QED) is 0.287. The highest BCUT2D eigenvalue weighted by Crippen LogP contribution is 2.39. The van der Waals surface area contributed by atoms with Crippen LogP contribution in [0.1, 0.15) is 43.7 Å². The van der Waals surface area contributed by atoms with Gasteiger partial charge in [0.15, 0.2) is 5.82 Å². The van der Waals surface area contributed by atoms with Crippen molar-refractivity contribution < 1.29 is 10.3 Å². The molecule has 0 saturated heterocycles. The Morgan fingerprint density at radius 3 is 2.76 bits per heavy atom. The van der Waals surface area contributed by atoms with Gasteiger partial charge in [-0.1, -0.05) is 12.1 Å². The molecule has 3 atom stereocenters. The molecule has 34 heavy (non-hydrogen) atoms. The SMILES string of the molecule is ONc1ncnc2c1ccn2[C@@H]1C[C@H](CCc2ccc3ccc(NCC4CC4)nc3c2)C[C@H]1O. The van der Waals surface area contributed by atoms with Gasteiger partial charge in [0.25, 0.3) is 0 Å². The number of hydrogen-bond acceptors (Lipinski definition) is 7. The number of nitrogens with one attached hydrogen (secondary N) is 2. The average Bonchev–Trinajstić information content (AvgIpc) is 3.48. The molecule has 2 saturated carbocycles. The number of aryl methyl sites for hydroxylation is 1. The number of aliphatic hydroxyl groups is 1. The van der Waals surface area contributed by atoms with Crippen LogP contribution in [-0.4, -0.2) is 42.5 Å². The summed E-state index contributed by atoms with van der Waals surface area (Å²) in [5.74, 6) is 2.59. The van der Waals surface area contributed by atoms with Gasteiger partial charge in [0, 0.05) is 18.1 Å². The molecule has 8 nitrogen and oxygen atoms in total. The molecule has 2 aliphatic carbocycles. The summed E-state index contributed by atoms with van der Waals surface area (Å²) in [5.41, 5.74) is 5.18. The normalized spacial score (nSPS) is 22.5. The Morgan fingerprint density at radius 1 is 1.03 bits per heavy atom. The lowest BCUT2D eigenvalue weighted by atomic mass is 9.97. The van der Waals surface area contributed by atoms with Gasteiger partial charge in [0.2, 0.25) is 0 Å². The van der Waals surface area contributed by atoms with Crippen molar-refractivity contribution in [3.05, 3.63) is 54.5 Å². The molecule has 8 heteroatoms. The van der Waals surface area contributed by atoms with E-state index in [4.69, 9.17) is 4.98 Å². The third-order valence-corrected chi connectivity index (χ3v) is 7.43. The zero-order valence-corrected chi connectivity index (χ0v) is 19.1. The minimum absolute atomic E-state index is 0.0256. The van der Waals surface area contributed by atoms with Gasteiger partial charge < -0.3 is 15.0 Å². The number of anilines is 2. The number of benzene rings is 1. The molecular weight excluding hydrogens is 428 g/mol. The first-order valence-electron chi connectivity index (χ1n) is 12.2. The van der Waals surface area contributed by atoms with E-state index in [1.807, 2.05) is 16.8 Å². The van der Waals surface area contributed by atoms with Crippen molar-refractivity contribution in [3.63, 3.8) is 0 Å². The van der Waals surface area contributed by atoms with Gasteiger partial charge in [0.05, 0.1) is 23.0 Å². The maximum Gasteiger partial charge on any atom is 0.162 e. The van der Waals surface area contributed by atoms with Crippen LogP contribution in [0, 0.1) is 11.8 Å². The van der Waals surface area contributed by atoms with Crippen molar-refractivity contribution in [3.8, 4) is 0 Å². The fraction of sp³-hybridized carbons (Fsp3) is 0.423. The molecule has 6 rings (SSSR count). The third kappa shape index (κ3) is 4.19. The molecule has 0 spiro atoms. The number of aliphatic hydroxyl groups excluding tert-OH is 1. The number of fused-ring (bicyclic) bond motifs is 2. The van der Waals surface area contributed by atoms with E-state index in [0.717, 1.165) is 65.9 Å². The van der Waals surface area contributed by atoms with Crippen LogP contribution in [0.2, 0.25) is 0 Å². The standard InChI is InChI=1S/C26H30N6O2/c33-23-13-18(12-22(23)32-10-9-20-25(31-34)28-15-29-26(20)32)4-1-16-5-6-19-7-8-24(30-21(19)11-16)27-14-17-2-3-17/h5-11,15,17-18,22-23,33-34H,1-4,12-14H2,(H,27,30)(H,28,29,31)/t18-,22+,23+/m0/s1. The zero-order valence-electron chi connectivity index (χ0n) is 19.1. The van der Waals surface area contributed by atoms with Crippen molar-refractivity contribution in [1.82, 2.24) is 19.5 Å². The molecule has 2 aliphatic rings. The molecule has 1 aromatic carbocycles. The molecule has 4 N–H and O–H groups in total. The van der Waals surface area contributed by atoms with Crippen molar-refractivity contribution >= 4 is 33.6 Å². The van der Waals surface area contributed by atoms with Crippen LogP contribution >= 0.6 is 0 Å². The predicted molar refractivity (Wildman–Crippen MR) is 132 cm³/mol. The van der Waals surface area contributed by atoms with E-state index < -0.39 is 6.10 Å². The van der Waals surface area contributed by atoms with Crippen molar-refractivity contribution in [2.24, 2.45) is 11.8 Å². The smallest absolute Gasteiger partial charge is 0.162 e. The highest BCUT2D eigenvalue weighted by Gasteiger charge is 2.34. The second-order valence-corrected chi connectivity index (χ2v) is 9.85. The van der Waals surface area contributed by atoms with E-state index in [1.54, 1.807) is 0 Å². The van der Waals surface area contributed by atoms with E-state index in [0.29, 0.717) is 11.7 Å². The number of hydrogen-bond donors (Lipinski definition) is 4. The van der Waals surface area contributed by atoms with Crippen molar-refractivity contribution in [2.75, 3.05) is 17.3 Å². The largest absolute Gasteiger partial charge is 0.391 e. The summed E-state index contributed by atoms with van der Waals surface area (Å²) >= 11 is 0. The Morgan fingerprint density at radius 2 is 1.91 bits per heavy atom. The van der Waals surface area contributed by atoms with Gasteiger partial charge in [-0.3, -0.25) is 10.7 Å². The van der Waals surface area contributed by atoms with Gasteiger partial charge >= 0.3 is 0 Å². The number of aromatic nitrogens is 4. The van der Waals surface area contributed by atoms with E-state index in [-0.39, 0.29) is 6.04 Å². The fourth-order valence-corrected chi connectivity index (χ4v) is 5.31. The monoisotopic (exact) mass is 458 g/mol. The Balaban J connectivity index is 1.13. The van der Waals surface area contributed by atoms with Crippen LogP contribution in [0.15, 0.2) is 48.9 Å². The predicted octanol–water partition coefficient (Wildman–Crippen LogP) is 4.55. The topological polar surface area (TPSA) is 108 Å². The molecule has 0 bridgehead atoms. The first-order chi connectivity index (χ1) is 16.7. The van der Waals surface area contributed by atoms with E-state index in [1.165, 1.54) is 24.7 Å². The Bertz CT molecular complexity index is 1320. The van der Waals surface area contributed by atoms with Crippen LogP contribution in [-0.2, 0) is 6.42 Å². The second-order valence-electron chi connectivity index (χ2n) is 9.85. The van der Waals surface area contributed by atoms with Gasteiger partial charge in [-0.2, -0.15) is 0 Å². The molecule has 2 fully saturated rings. The molecule has 3 aromatic heterocycles. The minimum atomic E-state index is -0.417. The van der Waals surface area contributed by atoms with Crippen LogP contribution < -0.4 is 10.8 Å². The lowest BCUT2D eigenvalue weighted by Gasteiger charge is -2.17. The summed E-state index contributed by atoms with van der Waals surface area (Å²) in [4.78, 5) is 13.3. The molecular formula is C26H30N6O2. The first kappa shape index (κ1) is 21.3. The molecule has 176 valence electrons. The molecule has 0 unspecified atom stereocenters. The molecule has 4 aromatic rings. The first-order valence-corrected chi connectivity index (χ1v) is 12.2. The van der Waals surface area contributed by atoms with Gasteiger partial charge in [-0.25, -0.2) is 15.0 Å². The van der Waals surface area contributed by atoms with Crippen molar-refractivity contribution in [1.29, 1.82) is 0 Å². The van der Waals surface area contributed by atoms with Crippen LogP contribution in [0.25, 0.3) is 21.9 Å². The average molecular weight is 459 g/mol. The van der Waals surface area contributed by atoms with Gasteiger partial charge in [-0.05, 0) is 80.2 Å². The van der Waals surface area contributed by atoms with E-state index in [9.17, 15) is 10.3 Å². The summed E-state index contributed by atoms with van der Waals surface area (Å²) in [7, 11) is 0. The van der Waals surface area contributed by atoms with E-state index in [2.05, 4.69) is 51.1 Å². The van der Waals surface area contributed by atoms with Crippen LogP contribution in [0.3, 0.4) is 0 Å². The van der Waals surface area contributed by atoms with Gasteiger partial charge in [0.1, 0.15) is 17.8 Å². The second kappa shape index (κ2) is 8.85. The summed E-state index contributed by atoms with van der Waals surface area (Å²) in [6.07, 6.45) is 9.27. The Labute approximate surface area is 198 Å². The number of pyridine rings is 1. The molecule has 0 amide bonds. The molecule has 3 heterocycles. The van der Waals surface area contributed by atoms with Crippen LogP contribution in [0.4, 0.5) is 11.6 Å². The van der Waals surface area contributed by atoms with Crippen molar-refractivity contribution in [2.45, 2.75) is 50.7 Å². The lowest BCUT2D eigenvalue weighted by molar-refractivity contribution is 0.136.